The van der Waals surface area contributed by atoms with Crippen LogP contribution in [0.5, 0.6) is 0 Å². The average Bonchev–Trinajstić information content (AvgIpc) is 3.76. The Balaban J connectivity index is 1.26. The Kier molecular flexibility index (Phi) is 5.36. The molecule has 3 heterocycles. The zero-order chi connectivity index (χ0) is 24.3. The molecule has 6 rings (SSSR count). The third-order valence-electron chi connectivity index (χ3n) is 7.43. The Hall–Kier alpha value is -2.94. The predicted molar refractivity (Wildman–Crippen MR) is 139 cm³/mol. The lowest BCUT2D eigenvalue weighted by Gasteiger charge is -2.25. The van der Waals surface area contributed by atoms with Crippen LogP contribution in [-0.2, 0) is 5.54 Å². The molecule has 3 fully saturated rings. The molecule has 0 bridgehead atoms. The van der Waals surface area contributed by atoms with Crippen molar-refractivity contribution in [2.75, 3.05) is 23.8 Å². The van der Waals surface area contributed by atoms with Gasteiger partial charge in [-0.15, -0.1) is 0 Å². The summed E-state index contributed by atoms with van der Waals surface area (Å²) in [5, 5.41) is 3.54. The molecule has 2 amide bonds. The van der Waals surface area contributed by atoms with E-state index in [0.717, 1.165) is 29.0 Å². The maximum Gasteiger partial charge on any atom is 0.325 e. The lowest BCUT2D eigenvalue weighted by atomic mass is 10.0. The number of imidazole rings is 1. The predicted octanol–water partition coefficient (Wildman–Crippen LogP) is 5.30. The van der Waals surface area contributed by atoms with Crippen molar-refractivity contribution < 1.29 is 4.79 Å². The summed E-state index contributed by atoms with van der Waals surface area (Å²) in [5.74, 6) is 2.18. The molecule has 3 aromatic rings. The number of carbonyl (C=O) groups is 1. The molecule has 35 heavy (non-hydrogen) atoms. The van der Waals surface area contributed by atoms with Crippen LogP contribution in [0.25, 0.3) is 5.69 Å². The number of benzene rings is 1. The quantitative estimate of drug-likeness (QED) is 0.444. The Morgan fingerprint density at radius 2 is 1.97 bits per heavy atom. The summed E-state index contributed by atoms with van der Waals surface area (Å²) >= 11 is 3.67. The second-order valence-electron chi connectivity index (χ2n) is 10.4. The molecular formula is C26H30BrN7O. The van der Waals surface area contributed by atoms with E-state index >= 15 is 0 Å². The van der Waals surface area contributed by atoms with Crippen LogP contribution in [0.2, 0.25) is 0 Å². The molecule has 1 N–H and O–H groups in total. The molecular weight excluding hydrogens is 506 g/mol. The highest BCUT2D eigenvalue weighted by Gasteiger charge is 2.48. The molecule has 1 atom stereocenters. The van der Waals surface area contributed by atoms with E-state index in [1.807, 2.05) is 13.1 Å². The number of aromatic nitrogens is 4. The number of amides is 2. The minimum atomic E-state index is -0.302. The van der Waals surface area contributed by atoms with E-state index in [9.17, 15) is 4.79 Å². The first kappa shape index (κ1) is 22.5. The minimum Gasteiger partial charge on any atom is -0.343 e. The number of rotatable bonds is 7. The van der Waals surface area contributed by atoms with Crippen molar-refractivity contribution in [1.82, 2.24) is 24.4 Å². The fourth-order valence-electron chi connectivity index (χ4n) is 4.99. The molecule has 0 radical (unpaired) electrons. The van der Waals surface area contributed by atoms with Crippen LogP contribution in [0.1, 0.15) is 56.7 Å². The first-order valence-electron chi connectivity index (χ1n) is 12.4. The maximum absolute atomic E-state index is 12.8. The molecule has 1 saturated heterocycles. The van der Waals surface area contributed by atoms with Crippen molar-refractivity contribution in [1.29, 1.82) is 0 Å². The number of anilines is 2. The molecule has 2 aliphatic carbocycles. The molecule has 3 aliphatic rings. The van der Waals surface area contributed by atoms with E-state index < -0.39 is 0 Å². The van der Waals surface area contributed by atoms with Crippen LogP contribution in [0.15, 0.2) is 47.5 Å². The number of carbonyl (C=O) groups excluding carboxylic acids is 1. The second-order valence-corrected chi connectivity index (χ2v) is 11.1. The van der Waals surface area contributed by atoms with E-state index in [2.05, 4.69) is 75.1 Å². The van der Waals surface area contributed by atoms with Gasteiger partial charge in [0.1, 0.15) is 5.82 Å². The molecule has 0 spiro atoms. The molecule has 0 unspecified atom stereocenters. The topological polar surface area (TPSA) is 79.2 Å². The van der Waals surface area contributed by atoms with Gasteiger partial charge in [-0.3, -0.25) is 9.47 Å². The van der Waals surface area contributed by atoms with Gasteiger partial charge in [0.2, 0.25) is 5.95 Å². The Bertz CT molecular complexity index is 1280. The average molecular weight is 536 g/mol. The van der Waals surface area contributed by atoms with E-state index in [0.29, 0.717) is 30.1 Å². The van der Waals surface area contributed by atoms with Gasteiger partial charge in [0.15, 0.2) is 4.73 Å². The molecule has 2 saturated carbocycles. The lowest BCUT2D eigenvalue weighted by Crippen LogP contribution is -2.38. The third kappa shape index (κ3) is 4.09. The van der Waals surface area contributed by atoms with Gasteiger partial charge in [-0.1, -0.05) is 26.0 Å². The van der Waals surface area contributed by atoms with Crippen LogP contribution in [0.4, 0.5) is 16.6 Å². The number of likely N-dealkylation sites (N-methyl/N-ethyl adjacent to an activating group) is 1. The van der Waals surface area contributed by atoms with Crippen LogP contribution < -0.4 is 10.2 Å². The number of halogens is 1. The van der Waals surface area contributed by atoms with Crippen molar-refractivity contribution in [3.63, 3.8) is 0 Å². The Morgan fingerprint density at radius 1 is 1.17 bits per heavy atom. The highest BCUT2D eigenvalue weighted by molar-refractivity contribution is 9.10. The zero-order valence-electron chi connectivity index (χ0n) is 20.3. The van der Waals surface area contributed by atoms with Crippen LogP contribution in [0, 0.1) is 5.92 Å². The number of nitrogens with one attached hydrogen (secondary N) is 1. The Morgan fingerprint density at radius 3 is 2.69 bits per heavy atom. The third-order valence-corrected chi connectivity index (χ3v) is 7.99. The SMILES string of the molecule is CC(C)[C@H]1CN(C)C(=O)N1c1ccnc(NC2(c3cn(-c4cccc(C5CC5)c4)c(Br)n3)CC2)n1. The first-order chi connectivity index (χ1) is 16.8. The van der Waals surface area contributed by atoms with Crippen molar-refractivity contribution in [2.45, 2.75) is 57.0 Å². The zero-order valence-corrected chi connectivity index (χ0v) is 21.9. The summed E-state index contributed by atoms with van der Waals surface area (Å²) in [7, 11) is 1.84. The summed E-state index contributed by atoms with van der Waals surface area (Å²) in [5.41, 5.74) is 3.18. The normalized spacial score (nSPS) is 21.2. The van der Waals surface area contributed by atoms with Crippen molar-refractivity contribution >= 4 is 33.7 Å². The highest BCUT2D eigenvalue weighted by atomic mass is 79.9. The van der Waals surface area contributed by atoms with E-state index in [1.165, 1.54) is 18.4 Å². The Labute approximate surface area is 213 Å². The van der Waals surface area contributed by atoms with Gasteiger partial charge >= 0.3 is 6.03 Å². The summed E-state index contributed by atoms with van der Waals surface area (Å²) in [6.45, 7) is 4.97. The molecule has 182 valence electrons. The van der Waals surface area contributed by atoms with Crippen molar-refractivity contribution in [3.05, 3.63) is 58.7 Å². The molecule has 1 aliphatic heterocycles. The molecule has 2 aromatic heterocycles. The highest BCUT2D eigenvalue weighted by Crippen LogP contribution is 2.48. The fourth-order valence-corrected chi connectivity index (χ4v) is 5.48. The number of hydrogen-bond donors (Lipinski definition) is 1. The van der Waals surface area contributed by atoms with Gasteiger partial charge < -0.3 is 10.2 Å². The van der Waals surface area contributed by atoms with Gasteiger partial charge in [0, 0.05) is 31.7 Å². The monoisotopic (exact) mass is 535 g/mol. The second kappa shape index (κ2) is 8.33. The molecule has 8 nitrogen and oxygen atoms in total. The van der Waals surface area contributed by atoms with E-state index in [-0.39, 0.29) is 17.6 Å². The van der Waals surface area contributed by atoms with Gasteiger partial charge in [-0.25, -0.2) is 14.8 Å². The lowest BCUT2D eigenvalue weighted by molar-refractivity contribution is 0.229. The van der Waals surface area contributed by atoms with E-state index in [1.54, 1.807) is 16.0 Å². The summed E-state index contributed by atoms with van der Waals surface area (Å²) < 4.78 is 2.89. The van der Waals surface area contributed by atoms with Gasteiger partial charge in [-0.05, 0) is 77.2 Å². The fraction of sp³-hybridized carbons (Fsp3) is 0.462. The van der Waals surface area contributed by atoms with Crippen LogP contribution in [-0.4, -0.2) is 50.1 Å². The van der Waals surface area contributed by atoms with Crippen LogP contribution >= 0.6 is 15.9 Å². The number of urea groups is 1. The van der Waals surface area contributed by atoms with Gasteiger partial charge in [0.25, 0.3) is 0 Å². The van der Waals surface area contributed by atoms with Gasteiger partial charge in [0.05, 0.1) is 17.3 Å². The summed E-state index contributed by atoms with van der Waals surface area (Å²) in [6, 6.07) is 10.6. The van der Waals surface area contributed by atoms with Gasteiger partial charge in [-0.2, -0.15) is 4.98 Å². The van der Waals surface area contributed by atoms with E-state index in [4.69, 9.17) is 9.97 Å². The van der Waals surface area contributed by atoms with Crippen LogP contribution in [0.3, 0.4) is 0 Å². The first-order valence-corrected chi connectivity index (χ1v) is 13.2. The number of nitrogens with zero attached hydrogens (tertiary/aromatic N) is 6. The largest absolute Gasteiger partial charge is 0.343 e. The smallest absolute Gasteiger partial charge is 0.325 e. The standard InChI is InChI=1S/C26H30BrN7O/c1-16(2)20-14-32(3)25(35)34(20)22-9-12-28-24(30-22)31-26(10-11-26)21-15-33(23(27)29-21)19-6-4-5-18(13-19)17-7-8-17/h4-6,9,12-13,15-17,20H,7-8,10-11,14H2,1-3H3,(H,28,30,31)/t20-/m1/s1. The molecule has 1 aromatic carbocycles. The summed E-state index contributed by atoms with van der Waals surface area (Å²) in [6.07, 6.45) is 8.29. The van der Waals surface area contributed by atoms with Crippen molar-refractivity contribution in [3.8, 4) is 5.69 Å². The number of hydrogen-bond acceptors (Lipinski definition) is 5. The molecule has 9 heteroatoms. The van der Waals surface area contributed by atoms with Crippen molar-refractivity contribution in [2.24, 2.45) is 5.92 Å². The minimum absolute atomic E-state index is 0.0226. The maximum atomic E-state index is 12.8. The summed E-state index contributed by atoms with van der Waals surface area (Å²) in [4.78, 5) is 30.5.